The van der Waals surface area contributed by atoms with Crippen LogP contribution in [0, 0.1) is 6.92 Å². The number of hydrogen-bond acceptors (Lipinski definition) is 5. The lowest BCUT2D eigenvalue weighted by molar-refractivity contribution is -0.120. The molecule has 3 aromatic rings. The van der Waals surface area contributed by atoms with Crippen molar-refractivity contribution in [2.75, 3.05) is 31.2 Å². The molecule has 10 heteroatoms. The van der Waals surface area contributed by atoms with Gasteiger partial charge in [0, 0.05) is 14.1 Å². The molecular weight excluding hydrogens is 486 g/mol. The summed E-state index contributed by atoms with van der Waals surface area (Å²) in [5.74, 6) is -0.502. The Morgan fingerprint density at radius 3 is 1.97 bits per heavy atom. The van der Waals surface area contributed by atoms with E-state index in [9.17, 15) is 21.6 Å². The van der Waals surface area contributed by atoms with Gasteiger partial charge < -0.3 is 5.32 Å². The molecule has 186 valence electrons. The van der Waals surface area contributed by atoms with Crippen LogP contribution < -0.4 is 9.62 Å². The molecule has 0 fully saturated rings. The van der Waals surface area contributed by atoms with Crippen molar-refractivity contribution in [1.29, 1.82) is 0 Å². The maximum atomic E-state index is 13.1. The van der Waals surface area contributed by atoms with Gasteiger partial charge in [-0.15, -0.1) is 0 Å². The van der Waals surface area contributed by atoms with Crippen molar-refractivity contribution in [3.05, 3.63) is 95.6 Å². The van der Waals surface area contributed by atoms with E-state index in [0.717, 1.165) is 31.6 Å². The highest BCUT2D eigenvalue weighted by Gasteiger charge is 2.25. The molecule has 1 amide bonds. The Kier molecular flexibility index (Phi) is 7.99. The van der Waals surface area contributed by atoms with Crippen LogP contribution in [-0.4, -0.2) is 53.9 Å². The van der Waals surface area contributed by atoms with Crippen molar-refractivity contribution in [2.24, 2.45) is 0 Å². The van der Waals surface area contributed by atoms with E-state index in [4.69, 9.17) is 0 Å². The Bertz CT molecular complexity index is 1390. The molecule has 0 heterocycles. The number of nitrogens with one attached hydrogen (secondary N) is 1. The molecule has 3 rings (SSSR count). The van der Waals surface area contributed by atoms with Crippen LogP contribution in [0.4, 0.5) is 5.69 Å². The lowest BCUT2D eigenvalue weighted by Gasteiger charge is -2.25. The summed E-state index contributed by atoms with van der Waals surface area (Å²) in [6, 6.07) is 22.0. The first-order valence-corrected chi connectivity index (χ1v) is 14.1. The van der Waals surface area contributed by atoms with Gasteiger partial charge in [-0.2, -0.15) is 0 Å². The van der Waals surface area contributed by atoms with Crippen molar-refractivity contribution in [1.82, 2.24) is 9.62 Å². The van der Waals surface area contributed by atoms with Gasteiger partial charge in [-0.1, -0.05) is 54.6 Å². The summed E-state index contributed by atoms with van der Waals surface area (Å²) < 4.78 is 51.8. The second-order valence-corrected chi connectivity index (χ2v) is 12.4. The largest absolute Gasteiger partial charge is 0.344 e. The summed E-state index contributed by atoms with van der Waals surface area (Å²) in [6.45, 7) is 1.48. The van der Waals surface area contributed by atoms with E-state index in [2.05, 4.69) is 5.32 Å². The van der Waals surface area contributed by atoms with Crippen molar-refractivity contribution >= 4 is 31.6 Å². The van der Waals surface area contributed by atoms with E-state index < -0.39 is 38.5 Å². The molecule has 1 atom stereocenters. The van der Waals surface area contributed by atoms with Crippen LogP contribution in [-0.2, 0) is 24.8 Å². The third-order valence-electron chi connectivity index (χ3n) is 5.53. The first kappa shape index (κ1) is 26.4. The highest BCUT2D eigenvalue weighted by atomic mass is 32.2. The topological polar surface area (TPSA) is 104 Å². The van der Waals surface area contributed by atoms with Crippen LogP contribution in [0.25, 0.3) is 0 Å². The molecule has 0 aromatic heterocycles. The number of nitrogens with zero attached hydrogens (tertiary/aromatic N) is 2. The van der Waals surface area contributed by atoms with Gasteiger partial charge in [0.1, 0.15) is 6.54 Å². The molecule has 0 saturated heterocycles. The Hall–Kier alpha value is -3.21. The Morgan fingerprint density at radius 1 is 0.857 bits per heavy atom. The van der Waals surface area contributed by atoms with Gasteiger partial charge in [-0.05, 0) is 47.9 Å². The fourth-order valence-electron chi connectivity index (χ4n) is 3.63. The Labute approximate surface area is 207 Å². The predicted molar refractivity (Wildman–Crippen MR) is 137 cm³/mol. The van der Waals surface area contributed by atoms with Crippen molar-refractivity contribution in [3.8, 4) is 0 Å². The average Bonchev–Trinajstić information content (AvgIpc) is 2.81. The van der Waals surface area contributed by atoms with Gasteiger partial charge in [0.25, 0.3) is 0 Å². The molecule has 0 aliphatic rings. The molecule has 35 heavy (non-hydrogen) atoms. The van der Waals surface area contributed by atoms with Gasteiger partial charge in [0.15, 0.2) is 0 Å². The second-order valence-electron chi connectivity index (χ2n) is 8.32. The molecule has 1 unspecified atom stereocenters. The van der Waals surface area contributed by atoms with Gasteiger partial charge in [0.2, 0.25) is 26.0 Å². The molecule has 0 radical (unpaired) electrons. The Balaban J connectivity index is 1.90. The number of carbonyl (C=O) groups excluding carboxylic acids is 1. The molecule has 0 saturated carbocycles. The standard InChI is InChI=1S/C25H29N3O5S2/c1-19-10-8-9-13-23(19)25(20-11-6-5-7-12-20)26-24(29)18-28(34(4,30)31)21-14-16-22(17-15-21)35(32,33)27(2)3/h5-17,25H,18H2,1-4H3,(H,26,29). The number of aryl methyl sites for hydroxylation is 1. The van der Waals surface area contributed by atoms with E-state index in [0.29, 0.717) is 0 Å². The van der Waals surface area contributed by atoms with Crippen LogP contribution in [0.15, 0.2) is 83.8 Å². The van der Waals surface area contributed by atoms with E-state index in [1.807, 2.05) is 61.5 Å². The smallest absolute Gasteiger partial charge is 0.242 e. The summed E-state index contributed by atoms with van der Waals surface area (Å²) in [6.07, 6.45) is 1.00. The lowest BCUT2D eigenvalue weighted by Crippen LogP contribution is -2.42. The quantitative estimate of drug-likeness (QED) is 0.472. The zero-order valence-electron chi connectivity index (χ0n) is 20.0. The summed E-state index contributed by atoms with van der Waals surface area (Å²) in [5, 5.41) is 2.97. The summed E-state index contributed by atoms with van der Waals surface area (Å²) in [4.78, 5) is 13.2. The number of sulfonamides is 2. The normalized spacial score (nSPS) is 12.8. The number of carbonyl (C=O) groups is 1. The van der Waals surface area contributed by atoms with E-state index in [-0.39, 0.29) is 10.6 Å². The van der Waals surface area contributed by atoms with Crippen LogP contribution in [0.3, 0.4) is 0 Å². The van der Waals surface area contributed by atoms with Gasteiger partial charge >= 0.3 is 0 Å². The van der Waals surface area contributed by atoms with Crippen molar-refractivity contribution in [2.45, 2.75) is 17.9 Å². The number of anilines is 1. The highest BCUT2D eigenvalue weighted by Crippen LogP contribution is 2.26. The summed E-state index contributed by atoms with van der Waals surface area (Å²) in [7, 11) is -4.69. The minimum Gasteiger partial charge on any atom is -0.344 e. The monoisotopic (exact) mass is 515 g/mol. The van der Waals surface area contributed by atoms with Gasteiger partial charge in [0.05, 0.1) is 22.9 Å². The van der Waals surface area contributed by atoms with Gasteiger partial charge in [-0.3, -0.25) is 9.10 Å². The lowest BCUT2D eigenvalue weighted by atomic mass is 9.95. The zero-order chi connectivity index (χ0) is 25.8. The minimum atomic E-state index is -3.84. The fraction of sp³-hybridized carbons (Fsp3) is 0.240. The first-order chi connectivity index (χ1) is 16.4. The third-order valence-corrected chi connectivity index (χ3v) is 8.50. The van der Waals surface area contributed by atoms with Crippen molar-refractivity contribution in [3.63, 3.8) is 0 Å². The number of benzene rings is 3. The van der Waals surface area contributed by atoms with Crippen LogP contribution in [0.1, 0.15) is 22.7 Å². The third kappa shape index (κ3) is 6.27. The maximum Gasteiger partial charge on any atom is 0.242 e. The predicted octanol–water partition coefficient (Wildman–Crippen LogP) is 2.92. The first-order valence-electron chi connectivity index (χ1n) is 10.8. The maximum absolute atomic E-state index is 13.1. The highest BCUT2D eigenvalue weighted by molar-refractivity contribution is 7.92. The zero-order valence-corrected chi connectivity index (χ0v) is 21.7. The molecular formula is C25H29N3O5S2. The summed E-state index contributed by atoms with van der Waals surface area (Å²) >= 11 is 0. The molecule has 1 N–H and O–H groups in total. The molecule has 8 nitrogen and oxygen atoms in total. The van der Waals surface area contributed by atoms with E-state index in [1.165, 1.54) is 38.4 Å². The molecule has 0 aliphatic carbocycles. The molecule has 0 aliphatic heterocycles. The van der Waals surface area contributed by atoms with Gasteiger partial charge in [-0.25, -0.2) is 21.1 Å². The Morgan fingerprint density at radius 2 is 1.43 bits per heavy atom. The van der Waals surface area contributed by atoms with Crippen LogP contribution in [0.5, 0.6) is 0 Å². The van der Waals surface area contributed by atoms with E-state index >= 15 is 0 Å². The molecule has 0 bridgehead atoms. The second kappa shape index (κ2) is 10.6. The number of amides is 1. The van der Waals surface area contributed by atoms with E-state index in [1.54, 1.807) is 0 Å². The van der Waals surface area contributed by atoms with Crippen LogP contribution >= 0.6 is 0 Å². The molecule has 0 spiro atoms. The minimum absolute atomic E-state index is 0.0212. The average molecular weight is 516 g/mol. The summed E-state index contributed by atoms with van der Waals surface area (Å²) in [5.41, 5.74) is 2.93. The molecule has 3 aromatic carbocycles. The van der Waals surface area contributed by atoms with Crippen molar-refractivity contribution < 1.29 is 21.6 Å². The fourth-order valence-corrected chi connectivity index (χ4v) is 5.39. The van der Waals surface area contributed by atoms with Crippen LogP contribution in [0.2, 0.25) is 0 Å². The number of rotatable bonds is 9. The SMILES string of the molecule is Cc1ccccc1C(NC(=O)CN(c1ccc(S(=O)(=O)N(C)C)cc1)S(C)(=O)=O)c1ccccc1. The number of hydrogen-bond donors (Lipinski definition) is 1.